The fourth-order valence-corrected chi connectivity index (χ4v) is 4.12. The van der Waals surface area contributed by atoms with Crippen molar-refractivity contribution in [2.24, 2.45) is 0 Å². The summed E-state index contributed by atoms with van der Waals surface area (Å²) in [6.45, 7) is 4.82. The minimum atomic E-state index is -0.409. The number of carbonyl (C=O) groups is 2. The Morgan fingerprint density at radius 2 is 1.84 bits per heavy atom. The summed E-state index contributed by atoms with van der Waals surface area (Å²) in [5.41, 5.74) is 2.31. The van der Waals surface area contributed by atoms with E-state index in [0.717, 1.165) is 5.69 Å². The highest BCUT2D eigenvalue weighted by molar-refractivity contribution is 5.92. The number of fused-ring (bicyclic) bond motifs is 1. The van der Waals surface area contributed by atoms with Crippen molar-refractivity contribution in [2.75, 3.05) is 18.4 Å². The fourth-order valence-electron chi connectivity index (χ4n) is 4.12. The maximum Gasteiger partial charge on any atom is 0.322 e. The molecule has 1 aromatic heterocycles. The number of nitrogens with zero attached hydrogens (tertiary/aromatic N) is 3. The van der Waals surface area contributed by atoms with Crippen LogP contribution in [0.2, 0.25) is 0 Å². The first kappa shape index (κ1) is 21.6. The molecule has 0 spiro atoms. The summed E-state index contributed by atoms with van der Waals surface area (Å²) >= 11 is 0. The number of benzene rings is 2. The van der Waals surface area contributed by atoms with Crippen molar-refractivity contribution >= 4 is 17.6 Å². The number of aromatic nitrogens is 1. The minimum Gasteiger partial charge on any atom is -0.348 e. The number of halogens is 1. The van der Waals surface area contributed by atoms with Gasteiger partial charge in [-0.1, -0.05) is 30.3 Å². The molecule has 6 nitrogen and oxygen atoms in total. The number of rotatable bonds is 5. The molecule has 4 rings (SSSR count). The highest BCUT2D eigenvalue weighted by atomic mass is 19.1. The first-order valence-electron chi connectivity index (χ1n) is 10.8. The Morgan fingerprint density at radius 1 is 1.06 bits per heavy atom. The number of hydrogen-bond acceptors (Lipinski definition) is 2. The second-order valence-electron chi connectivity index (χ2n) is 8.19. The van der Waals surface area contributed by atoms with Gasteiger partial charge in [-0.3, -0.25) is 4.79 Å². The first-order chi connectivity index (χ1) is 15.4. The Hall–Kier alpha value is -3.61. The Labute approximate surface area is 187 Å². The van der Waals surface area contributed by atoms with E-state index in [1.807, 2.05) is 56.4 Å². The van der Waals surface area contributed by atoms with Gasteiger partial charge < -0.3 is 19.7 Å². The molecule has 1 aliphatic heterocycles. The molecule has 32 heavy (non-hydrogen) atoms. The quantitative estimate of drug-likeness (QED) is 0.643. The van der Waals surface area contributed by atoms with E-state index in [1.54, 1.807) is 23.1 Å². The van der Waals surface area contributed by atoms with Crippen LogP contribution in [-0.2, 0) is 11.3 Å². The molecular weight excluding hydrogens is 407 g/mol. The molecule has 0 saturated carbocycles. The Kier molecular flexibility index (Phi) is 6.25. The molecule has 0 bridgehead atoms. The number of nitrogens with one attached hydrogen (secondary N) is 1. The van der Waals surface area contributed by atoms with Gasteiger partial charge >= 0.3 is 6.03 Å². The summed E-state index contributed by atoms with van der Waals surface area (Å²) in [4.78, 5) is 29.7. The van der Waals surface area contributed by atoms with Gasteiger partial charge in [-0.25, -0.2) is 9.18 Å². The van der Waals surface area contributed by atoms with E-state index in [9.17, 15) is 14.0 Å². The summed E-state index contributed by atoms with van der Waals surface area (Å²) in [5.74, 6) is -0.520. The van der Waals surface area contributed by atoms with Crippen LogP contribution < -0.4 is 5.32 Å². The molecule has 1 aliphatic rings. The predicted octanol–water partition coefficient (Wildman–Crippen LogP) is 4.50. The van der Waals surface area contributed by atoms with Crippen molar-refractivity contribution in [3.05, 3.63) is 90.0 Å². The van der Waals surface area contributed by atoms with Gasteiger partial charge in [-0.15, -0.1) is 0 Å². The van der Waals surface area contributed by atoms with Crippen LogP contribution in [0.15, 0.2) is 72.9 Å². The summed E-state index contributed by atoms with van der Waals surface area (Å²) < 4.78 is 16.1. The second-order valence-corrected chi connectivity index (χ2v) is 8.19. The number of anilines is 1. The van der Waals surface area contributed by atoms with Crippen molar-refractivity contribution in [3.8, 4) is 0 Å². The standard InChI is InChI=1S/C25H27FN4O2/c1-18(2)30(25(32)27-21-10-4-3-5-11-21)17-23(31)29-15-14-28-13-7-12-22(28)24(29)19-8-6-9-20(26)16-19/h3-13,16,18,24H,14-15,17H2,1-2H3,(H,27,32). The number of hydrogen-bond donors (Lipinski definition) is 1. The molecule has 0 aliphatic carbocycles. The summed E-state index contributed by atoms with van der Waals surface area (Å²) in [7, 11) is 0. The lowest BCUT2D eigenvalue weighted by Crippen LogP contribution is -2.50. The molecule has 2 aromatic carbocycles. The average Bonchev–Trinajstić information content (AvgIpc) is 3.26. The molecule has 166 valence electrons. The summed E-state index contributed by atoms with van der Waals surface area (Å²) in [6.07, 6.45) is 1.97. The van der Waals surface area contributed by atoms with Crippen molar-refractivity contribution in [3.63, 3.8) is 0 Å². The predicted molar refractivity (Wildman–Crippen MR) is 122 cm³/mol. The first-order valence-corrected chi connectivity index (χ1v) is 10.8. The minimum absolute atomic E-state index is 0.0666. The second kappa shape index (κ2) is 9.26. The van der Waals surface area contributed by atoms with Gasteiger partial charge in [0, 0.05) is 36.7 Å². The van der Waals surface area contributed by atoms with Gasteiger partial charge in [-0.05, 0) is 55.8 Å². The zero-order valence-corrected chi connectivity index (χ0v) is 18.2. The largest absolute Gasteiger partial charge is 0.348 e. The van der Waals surface area contributed by atoms with Crippen LogP contribution in [0.5, 0.6) is 0 Å². The third-order valence-electron chi connectivity index (χ3n) is 5.74. The van der Waals surface area contributed by atoms with E-state index < -0.39 is 6.04 Å². The highest BCUT2D eigenvalue weighted by Crippen LogP contribution is 2.33. The molecule has 1 unspecified atom stereocenters. The van der Waals surface area contributed by atoms with E-state index in [1.165, 1.54) is 17.0 Å². The van der Waals surface area contributed by atoms with Gasteiger partial charge in [0.15, 0.2) is 0 Å². The fraction of sp³-hybridized carbons (Fsp3) is 0.280. The highest BCUT2D eigenvalue weighted by Gasteiger charge is 2.34. The van der Waals surface area contributed by atoms with Crippen LogP contribution in [-0.4, -0.2) is 45.4 Å². The smallest absolute Gasteiger partial charge is 0.322 e. The summed E-state index contributed by atoms with van der Waals surface area (Å²) in [5, 5.41) is 2.86. The zero-order valence-electron chi connectivity index (χ0n) is 18.2. The molecule has 0 saturated heterocycles. The molecule has 3 amide bonds. The Morgan fingerprint density at radius 3 is 2.56 bits per heavy atom. The lowest BCUT2D eigenvalue weighted by molar-refractivity contribution is -0.134. The molecule has 2 heterocycles. The maximum atomic E-state index is 14.0. The molecular formula is C25H27FN4O2. The SMILES string of the molecule is CC(C)N(CC(=O)N1CCn2cccc2C1c1cccc(F)c1)C(=O)Nc1ccccc1. The van der Waals surface area contributed by atoms with E-state index in [0.29, 0.717) is 24.3 Å². The molecule has 1 N–H and O–H groups in total. The average molecular weight is 435 g/mol. The van der Waals surface area contributed by atoms with E-state index in [4.69, 9.17) is 0 Å². The van der Waals surface area contributed by atoms with Crippen molar-refractivity contribution in [1.82, 2.24) is 14.4 Å². The lowest BCUT2D eigenvalue weighted by atomic mass is 9.99. The van der Waals surface area contributed by atoms with Gasteiger partial charge in [-0.2, -0.15) is 0 Å². The van der Waals surface area contributed by atoms with E-state index >= 15 is 0 Å². The number of urea groups is 1. The zero-order chi connectivity index (χ0) is 22.7. The molecule has 0 fully saturated rings. The van der Waals surface area contributed by atoms with Gasteiger partial charge in [0.2, 0.25) is 5.91 Å². The van der Waals surface area contributed by atoms with Crippen LogP contribution in [0, 0.1) is 5.82 Å². The van der Waals surface area contributed by atoms with E-state index in [-0.39, 0.29) is 30.3 Å². The topological polar surface area (TPSA) is 57.6 Å². The third-order valence-corrected chi connectivity index (χ3v) is 5.74. The Balaban J connectivity index is 1.58. The molecule has 0 radical (unpaired) electrons. The van der Waals surface area contributed by atoms with Gasteiger partial charge in [0.05, 0.1) is 6.04 Å². The van der Waals surface area contributed by atoms with Crippen LogP contribution in [0.25, 0.3) is 0 Å². The van der Waals surface area contributed by atoms with Crippen molar-refractivity contribution in [2.45, 2.75) is 32.5 Å². The lowest BCUT2D eigenvalue weighted by Gasteiger charge is -2.39. The number of carbonyl (C=O) groups excluding carboxylic acids is 2. The normalized spacial score (nSPS) is 15.4. The van der Waals surface area contributed by atoms with Crippen LogP contribution in [0.1, 0.15) is 31.1 Å². The molecule has 1 atom stereocenters. The number of amides is 3. The summed E-state index contributed by atoms with van der Waals surface area (Å²) in [6, 6.07) is 18.5. The molecule has 7 heteroatoms. The van der Waals surface area contributed by atoms with Crippen LogP contribution in [0.4, 0.5) is 14.9 Å². The van der Waals surface area contributed by atoms with Crippen molar-refractivity contribution in [1.29, 1.82) is 0 Å². The monoisotopic (exact) mass is 434 g/mol. The number of para-hydroxylation sites is 1. The molecule has 3 aromatic rings. The van der Waals surface area contributed by atoms with Crippen LogP contribution >= 0.6 is 0 Å². The Bertz CT molecular complexity index is 1100. The maximum absolute atomic E-state index is 14.0. The van der Waals surface area contributed by atoms with Gasteiger partial charge in [0.25, 0.3) is 0 Å². The van der Waals surface area contributed by atoms with Crippen LogP contribution in [0.3, 0.4) is 0 Å². The van der Waals surface area contributed by atoms with Gasteiger partial charge in [0.1, 0.15) is 12.4 Å². The third kappa shape index (κ3) is 4.51. The van der Waals surface area contributed by atoms with E-state index in [2.05, 4.69) is 9.88 Å². The van der Waals surface area contributed by atoms with Crippen molar-refractivity contribution < 1.29 is 14.0 Å².